The van der Waals surface area contributed by atoms with Crippen LogP contribution in [-0.2, 0) is 18.6 Å². The number of benzene rings is 1. The number of hydrogen-bond donors (Lipinski definition) is 0. The Labute approximate surface area is 204 Å². The molecule has 0 radical (unpaired) electrons. The molecular formula is C24H24BrN3S3. The fourth-order valence-electron chi connectivity index (χ4n) is 4.31. The van der Waals surface area contributed by atoms with Gasteiger partial charge in [-0.25, -0.2) is 15.0 Å². The summed E-state index contributed by atoms with van der Waals surface area (Å²) < 4.78 is 2.30. The van der Waals surface area contributed by atoms with Crippen LogP contribution in [0.4, 0.5) is 0 Å². The van der Waals surface area contributed by atoms with Crippen molar-refractivity contribution < 1.29 is 0 Å². The molecule has 1 aliphatic rings. The Kier molecular flexibility index (Phi) is 6.30. The highest BCUT2D eigenvalue weighted by Crippen LogP contribution is 2.43. The maximum absolute atomic E-state index is 5.18. The van der Waals surface area contributed by atoms with Gasteiger partial charge in [-0.05, 0) is 66.7 Å². The molecule has 0 saturated carbocycles. The zero-order valence-electron chi connectivity index (χ0n) is 17.9. The maximum atomic E-state index is 5.18. The van der Waals surface area contributed by atoms with Gasteiger partial charge in [0, 0.05) is 21.3 Å². The molecule has 31 heavy (non-hydrogen) atoms. The van der Waals surface area contributed by atoms with E-state index < -0.39 is 0 Å². The van der Waals surface area contributed by atoms with E-state index in [-0.39, 0.29) is 0 Å². The first kappa shape index (κ1) is 21.7. The minimum absolute atomic E-state index is 0.445. The first-order chi connectivity index (χ1) is 15.0. The molecule has 5 rings (SSSR count). The minimum Gasteiger partial charge on any atom is -0.241 e. The zero-order valence-corrected chi connectivity index (χ0v) is 21.9. The Morgan fingerprint density at radius 3 is 2.48 bits per heavy atom. The number of thiophene rings is 1. The third-order valence-electron chi connectivity index (χ3n) is 5.78. The van der Waals surface area contributed by atoms with Gasteiger partial charge in [0.25, 0.3) is 0 Å². The van der Waals surface area contributed by atoms with Crippen molar-refractivity contribution in [2.45, 2.75) is 61.4 Å². The number of pyridine rings is 1. The van der Waals surface area contributed by atoms with Crippen molar-refractivity contribution in [2.24, 2.45) is 0 Å². The molecule has 1 aromatic carbocycles. The van der Waals surface area contributed by atoms with E-state index in [2.05, 4.69) is 60.3 Å². The van der Waals surface area contributed by atoms with E-state index in [1.807, 2.05) is 0 Å². The summed E-state index contributed by atoms with van der Waals surface area (Å²) >= 11 is 8.72. The van der Waals surface area contributed by atoms with Crippen LogP contribution < -0.4 is 0 Å². The van der Waals surface area contributed by atoms with E-state index in [4.69, 9.17) is 15.0 Å². The van der Waals surface area contributed by atoms with Gasteiger partial charge in [-0.15, -0.1) is 23.1 Å². The second kappa shape index (κ2) is 9.00. The monoisotopic (exact) mass is 529 g/mol. The molecule has 0 unspecified atom stereocenters. The summed E-state index contributed by atoms with van der Waals surface area (Å²) in [5.41, 5.74) is 6.68. The lowest BCUT2D eigenvalue weighted by molar-refractivity contribution is 0.667. The van der Waals surface area contributed by atoms with Gasteiger partial charge in [-0.3, -0.25) is 0 Å². The lowest BCUT2D eigenvalue weighted by atomic mass is 9.86. The number of hydrogen-bond acceptors (Lipinski definition) is 6. The largest absolute Gasteiger partial charge is 0.241 e. The number of rotatable bonds is 5. The van der Waals surface area contributed by atoms with Crippen molar-refractivity contribution >= 4 is 71.2 Å². The molecule has 3 heterocycles. The van der Waals surface area contributed by atoms with Crippen LogP contribution in [0.3, 0.4) is 0 Å². The molecule has 0 N–H and O–H groups in total. The highest BCUT2D eigenvalue weighted by molar-refractivity contribution is 9.10. The van der Waals surface area contributed by atoms with Crippen LogP contribution in [0, 0.1) is 0 Å². The normalized spacial score (nSPS) is 14.0. The molecule has 0 spiro atoms. The van der Waals surface area contributed by atoms with Crippen molar-refractivity contribution in [1.82, 2.24) is 15.0 Å². The molecule has 0 fully saturated rings. The number of aromatic nitrogens is 3. The van der Waals surface area contributed by atoms with Gasteiger partial charge < -0.3 is 0 Å². The van der Waals surface area contributed by atoms with Crippen molar-refractivity contribution in [2.75, 3.05) is 6.26 Å². The summed E-state index contributed by atoms with van der Waals surface area (Å²) in [7, 11) is 0. The molecule has 3 nitrogen and oxygen atoms in total. The summed E-state index contributed by atoms with van der Waals surface area (Å²) in [6.45, 7) is 4.53. The zero-order chi connectivity index (χ0) is 21.5. The van der Waals surface area contributed by atoms with Gasteiger partial charge in [0.05, 0.1) is 10.2 Å². The van der Waals surface area contributed by atoms with E-state index in [0.29, 0.717) is 5.92 Å². The quantitative estimate of drug-likeness (QED) is 0.148. The second-order valence-electron chi connectivity index (χ2n) is 8.21. The van der Waals surface area contributed by atoms with Crippen LogP contribution in [0.5, 0.6) is 0 Å². The summed E-state index contributed by atoms with van der Waals surface area (Å²) in [5.74, 6) is 1.34. The molecule has 0 atom stereocenters. The smallest absolute Gasteiger partial charge is 0.189 e. The van der Waals surface area contributed by atoms with Crippen molar-refractivity contribution in [1.29, 1.82) is 0 Å². The van der Waals surface area contributed by atoms with Gasteiger partial charge in [0.2, 0.25) is 0 Å². The third kappa shape index (κ3) is 4.14. The lowest BCUT2D eigenvalue weighted by Gasteiger charge is -2.21. The first-order valence-corrected chi connectivity index (χ1v) is 14.4. The molecule has 7 heteroatoms. The van der Waals surface area contributed by atoms with Crippen molar-refractivity contribution in [3.05, 3.63) is 51.1 Å². The van der Waals surface area contributed by atoms with Crippen molar-refractivity contribution in [3.8, 4) is 0 Å². The fraction of sp³-hybridized carbons (Fsp3) is 0.375. The Balaban J connectivity index is 1.68. The van der Waals surface area contributed by atoms with Crippen molar-refractivity contribution in [3.63, 3.8) is 0 Å². The Morgan fingerprint density at radius 2 is 1.77 bits per heavy atom. The fourth-order valence-corrected chi connectivity index (χ4v) is 7.21. The summed E-state index contributed by atoms with van der Waals surface area (Å²) in [6.07, 6.45) is 6.87. The summed E-state index contributed by atoms with van der Waals surface area (Å²) in [6, 6.07) is 8.54. The van der Waals surface area contributed by atoms with E-state index in [9.17, 15) is 0 Å². The number of nitrogens with zero attached hydrogens (tertiary/aromatic N) is 3. The summed E-state index contributed by atoms with van der Waals surface area (Å²) in [5, 5.41) is 3.22. The SMILES string of the molecule is CSc1nc(SCc2ccc(Br)cc2)c2sc3nc(C(C)C)c4c(c3c2n1)CCCC4. The lowest BCUT2D eigenvalue weighted by Crippen LogP contribution is -2.10. The Hall–Kier alpha value is -1.15. The van der Waals surface area contributed by atoms with Crippen LogP contribution in [0.1, 0.15) is 55.0 Å². The van der Waals surface area contributed by atoms with Crippen LogP contribution in [0.2, 0.25) is 0 Å². The van der Waals surface area contributed by atoms with Crippen LogP contribution in [0.15, 0.2) is 38.9 Å². The van der Waals surface area contributed by atoms with Crippen LogP contribution in [0.25, 0.3) is 20.4 Å². The Bertz CT molecular complexity index is 1270. The van der Waals surface area contributed by atoms with E-state index in [0.717, 1.165) is 43.6 Å². The molecule has 0 bridgehead atoms. The molecule has 0 saturated heterocycles. The van der Waals surface area contributed by atoms with Crippen LogP contribution >= 0.6 is 50.8 Å². The molecule has 160 valence electrons. The number of halogens is 1. The predicted octanol–water partition coefficient (Wildman–Crippen LogP) is 8.02. The summed E-state index contributed by atoms with van der Waals surface area (Å²) in [4.78, 5) is 16.2. The number of fused-ring (bicyclic) bond motifs is 5. The first-order valence-electron chi connectivity index (χ1n) is 10.6. The minimum atomic E-state index is 0.445. The molecular weight excluding hydrogens is 506 g/mol. The van der Waals surface area contributed by atoms with Gasteiger partial charge >= 0.3 is 0 Å². The molecule has 0 amide bonds. The average molecular weight is 531 g/mol. The topological polar surface area (TPSA) is 38.7 Å². The number of thioether (sulfide) groups is 2. The standard InChI is InChI=1S/C24H24BrN3S3/c1-13(2)19-17-7-5-4-6-16(17)18-20-21(31-22(18)26-19)23(28-24(27-20)29-3)30-12-14-8-10-15(25)11-9-14/h8-11,13H,4-7,12H2,1-3H3. The van der Waals surface area contributed by atoms with E-state index >= 15 is 0 Å². The molecule has 1 aliphatic carbocycles. The van der Waals surface area contributed by atoms with Gasteiger partial charge in [-0.1, -0.05) is 53.7 Å². The van der Waals surface area contributed by atoms with Gasteiger partial charge in [0.15, 0.2) is 5.16 Å². The highest BCUT2D eigenvalue weighted by atomic mass is 79.9. The average Bonchev–Trinajstić information content (AvgIpc) is 3.16. The van der Waals surface area contributed by atoms with Crippen LogP contribution in [-0.4, -0.2) is 21.2 Å². The van der Waals surface area contributed by atoms with E-state index in [1.165, 1.54) is 45.3 Å². The highest BCUT2D eigenvalue weighted by Gasteiger charge is 2.25. The Morgan fingerprint density at radius 1 is 1.03 bits per heavy atom. The van der Waals surface area contributed by atoms with E-state index in [1.54, 1.807) is 34.9 Å². The second-order valence-corrected chi connectivity index (χ2v) is 11.9. The van der Waals surface area contributed by atoms with Gasteiger partial charge in [0.1, 0.15) is 9.86 Å². The maximum Gasteiger partial charge on any atom is 0.189 e. The molecule has 0 aliphatic heterocycles. The van der Waals surface area contributed by atoms with Gasteiger partial charge in [-0.2, -0.15) is 0 Å². The molecule has 3 aromatic heterocycles. The third-order valence-corrected chi connectivity index (χ3v) is 9.11. The number of aryl methyl sites for hydroxylation is 1. The molecule has 4 aromatic rings. The predicted molar refractivity (Wildman–Crippen MR) is 139 cm³/mol.